The van der Waals surface area contributed by atoms with E-state index in [-0.39, 0.29) is 5.97 Å². The molecule has 0 fully saturated rings. The molecule has 0 radical (unpaired) electrons. The van der Waals surface area contributed by atoms with Crippen molar-refractivity contribution in [2.24, 2.45) is 0 Å². The van der Waals surface area contributed by atoms with Gasteiger partial charge >= 0.3 is 5.97 Å². The van der Waals surface area contributed by atoms with Crippen LogP contribution in [0.25, 0.3) is 0 Å². The van der Waals surface area contributed by atoms with Crippen molar-refractivity contribution in [3.05, 3.63) is 0 Å². The van der Waals surface area contributed by atoms with Gasteiger partial charge in [-0.2, -0.15) is 0 Å². The molecule has 1 unspecified atom stereocenters. The van der Waals surface area contributed by atoms with Gasteiger partial charge in [0.05, 0.1) is 7.11 Å². The molecule has 0 aromatic carbocycles. The Kier molecular flexibility index (Phi) is 12.1. The van der Waals surface area contributed by atoms with Gasteiger partial charge in [-0.05, 0) is 5.54 Å². The lowest BCUT2D eigenvalue weighted by molar-refractivity contribution is -0.140. The molecule has 21 heavy (non-hydrogen) atoms. The average Bonchev–Trinajstić information content (AvgIpc) is 2.42. The second-order valence-corrected chi connectivity index (χ2v) is 13.0. The standard InChI is InChI=1S/C18H38O2Si/c1-6-7-8-9-10-11-12-13-14-15-17(21(3,4)5)16-18(19)20-2/h17H,6-16H2,1-5H3. The van der Waals surface area contributed by atoms with Crippen LogP contribution >= 0.6 is 0 Å². The second kappa shape index (κ2) is 12.3. The molecule has 3 heteroatoms. The van der Waals surface area contributed by atoms with Crippen LogP contribution in [-0.2, 0) is 9.53 Å². The first-order valence-electron chi connectivity index (χ1n) is 8.98. The topological polar surface area (TPSA) is 26.3 Å². The minimum absolute atomic E-state index is 0.0293. The van der Waals surface area contributed by atoms with E-state index in [9.17, 15) is 4.79 Å². The fourth-order valence-corrected chi connectivity index (χ4v) is 4.68. The maximum Gasteiger partial charge on any atom is 0.305 e. The quantitative estimate of drug-likeness (QED) is 0.230. The number of ether oxygens (including phenoxy) is 1. The summed E-state index contributed by atoms with van der Waals surface area (Å²) in [6.45, 7) is 9.38. The van der Waals surface area contributed by atoms with E-state index in [4.69, 9.17) is 4.74 Å². The molecule has 0 bridgehead atoms. The van der Waals surface area contributed by atoms with Crippen molar-refractivity contribution in [2.75, 3.05) is 7.11 Å². The molecule has 0 N–H and O–H groups in total. The first-order chi connectivity index (χ1) is 9.91. The molecular weight excluding hydrogens is 276 g/mol. The van der Waals surface area contributed by atoms with Gasteiger partial charge in [0.1, 0.15) is 0 Å². The van der Waals surface area contributed by atoms with Crippen molar-refractivity contribution >= 4 is 14.0 Å². The summed E-state index contributed by atoms with van der Waals surface area (Å²) in [6, 6.07) is 0. The number of carbonyl (C=O) groups is 1. The summed E-state index contributed by atoms with van der Waals surface area (Å²) in [5, 5.41) is 0. The highest BCUT2D eigenvalue weighted by atomic mass is 28.3. The van der Waals surface area contributed by atoms with Crippen molar-refractivity contribution in [3.63, 3.8) is 0 Å². The van der Waals surface area contributed by atoms with Gasteiger partial charge in [0, 0.05) is 14.5 Å². The smallest absolute Gasteiger partial charge is 0.305 e. The minimum atomic E-state index is -1.26. The van der Waals surface area contributed by atoms with Gasteiger partial charge in [-0.1, -0.05) is 90.8 Å². The van der Waals surface area contributed by atoms with Crippen molar-refractivity contribution in [3.8, 4) is 0 Å². The minimum Gasteiger partial charge on any atom is -0.469 e. The monoisotopic (exact) mass is 314 g/mol. The summed E-state index contributed by atoms with van der Waals surface area (Å²) in [5.41, 5.74) is 0.578. The third-order valence-electron chi connectivity index (χ3n) is 4.52. The Morgan fingerprint density at radius 2 is 1.38 bits per heavy atom. The fraction of sp³-hybridized carbons (Fsp3) is 0.944. The summed E-state index contributed by atoms with van der Waals surface area (Å²) in [7, 11) is 0.245. The molecule has 126 valence electrons. The molecule has 0 saturated heterocycles. The highest BCUT2D eigenvalue weighted by Gasteiger charge is 2.28. The van der Waals surface area contributed by atoms with Crippen LogP contribution in [0.4, 0.5) is 0 Å². The predicted octanol–water partition coefficient (Wildman–Crippen LogP) is 6.18. The molecule has 0 amide bonds. The molecule has 0 aliphatic heterocycles. The van der Waals surface area contributed by atoms with Crippen LogP contribution < -0.4 is 0 Å². The number of carbonyl (C=O) groups excluding carboxylic acids is 1. The van der Waals surface area contributed by atoms with Gasteiger partial charge in [-0.3, -0.25) is 4.79 Å². The molecule has 2 nitrogen and oxygen atoms in total. The first kappa shape index (κ1) is 20.7. The SMILES string of the molecule is CCCCCCCCCCCC(CC(=O)OC)[Si](C)(C)C. The summed E-state index contributed by atoms with van der Waals surface area (Å²) < 4.78 is 4.85. The summed E-state index contributed by atoms with van der Waals surface area (Å²) in [4.78, 5) is 11.5. The normalized spacial score (nSPS) is 13.2. The third kappa shape index (κ3) is 12.0. The second-order valence-electron chi connectivity index (χ2n) is 7.46. The van der Waals surface area contributed by atoms with Gasteiger partial charge in [-0.15, -0.1) is 0 Å². The molecule has 0 aliphatic carbocycles. The molecule has 1 atom stereocenters. The highest BCUT2D eigenvalue weighted by molar-refractivity contribution is 6.77. The van der Waals surface area contributed by atoms with Crippen LogP contribution in [0.15, 0.2) is 0 Å². The molecule has 0 spiro atoms. The van der Waals surface area contributed by atoms with Crippen molar-refractivity contribution in [1.29, 1.82) is 0 Å². The van der Waals surface area contributed by atoms with E-state index in [1.807, 2.05) is 0 Å². The molecule has 0 aromatic rings. The zero-order chi connectivity index (χ0) is 16.1. The Balaban J connectivity index is 3.72. The Labute approximate surface area is 134 Å². The molecule has 0 aromatic heterocycles. The zero-order valence-corrected chi connectivity index (χ0v) is 16.2. The first-order valence-corrected chi connectivity index (χ1v) is 12.6. The van der Waals surface area contributed by atoms with Crippen molar-refractivity contribution in [1.82, 2.24) is 0 Å². The van der Waals surface area contributed by atoms with E-state index in [1.165, 1.54) is 71.3 Å². The van der Waals surface area contributed by atoms with Crippen LogP contribution in [-0.4, -0.2) is 21.2 Å². The van der Waals surface area contributed by atoms with Gasteiger partial charge in [0.2, 0.25) is 0 Å². The summed E-state index contributed by atoms with van der Waals surface area (Å²) in [5.74, 6) is -0.0293. The zero-order valence-electron chi connectivity index (χ0n) is 15.2. The molecular formula is C18H38O2Si. The van der Waals surface area contributed by atoms with Gasteiger partial charge in [0.25, 0.3) is 0 Å². The largest absolute Gasteiger partial charge is 0.469 e. The van der Waals surface area contributed by atoms with E-state index < -0.39 is 8.07 Å². The summed E-state index contributed by atoms with van der Waals surface area (Å²) >= 11 is 0. The van der Waals surface area contributed by atoms with Crippen LogP contribution in [0.3, 0.4) is 0 Å². The van der Waals surface area contributed by atoms with Gasteiger partial charge < -0.3 is 4.74 Å². The number of unbranched alkanes of at least 4 members (excludes halogenated alkanes) is 8. The van der Waals surface area contributed by atoms with Gasteiger partial charge in [0.15, 0.2) is 0 Å². The maximum absolute atomic E-state index is 11.5. The summed E-state index contributed by atoms with van der Waals surface area (Å²) in [6.07, 6.45) is 14.1. The third-order valence-corrected chi connectivity index (χ3v) is 7.46. The number of hydrogen-bond donors (Lipinski definition) is 0. The Hall–Kier alpha value is -0.313. The number of hydrogen-bond acceptors (Lipinski definition) is 2. The Morgan fingerprint density at radius 1 is 0.905 bits per heavy atom. The van der Waals surface area contributed by atoms with E-state index in [1.54, 1.807) is 0 Å². The predicted molar refractivity (Wildman–Crippen MR) is 95.6 cm³/mol. The van der Waals surface area contributed by atoms with Gasteiger partial charge in [-0.25, -0.2) is 0 Å². The average molecular weight is 315 g/mol. The Bertz CT molecular complexity index is 258. The van der Waals surface area contributed by atoms with E-state index in [0.29, 0.717) is 12.0 Å². The Morgan fingerprint density at radius 3 is 1.81 bits per heavy atom. The van der Waals surface area contributed by atoms with Crippen molar-refractivity contribution in [2.45, 2.75) is 103 Å². The van der Waals surface area contributed by atoms with Crippen LogP contribution in [0, 0.1) is 0 Å². The van der Waals surface area contributed by atoms with E-state index in [2.05, 4.69) is 26.6 Å². The number of rotatable bonds is 13. The highest BCUT2D eigenvalue weighted by Crippen LogP contribution is 2.31. The molecule has 0 saturated carbocycles. The fourth-order valence-electron chi connectivity index (χ4n) is 2.83. The van der Waals surface area contributed by atoms with Crippen LogP contribution in [0.2, 0.25) is 25.2 Å². The molecule has 0 aliphatic rings. The lowest BCUT2D eigenvalue weighted by Crippen LogP contribution is -2.30. The maximum atomic E-state index is 11.5. The lowest BCUT2D eigenvalue weighted by atomic mass is 10.1. The van der Waals surface area contributed by atoms with Crippen LogP contribution in [0.5, 0.6) is 0 Å². The lowest BCUT2D eigenvalue weighted by Gasteiger charge is -2.28. The number of methoxy groups -OCH3 is 1. The van der Waals surface area contributed by atoms with Crippen LogP contribution in [0.1, 0.15) is 77.6 Å². The number of esters is 1. The van der Waals surface area contributed by atoms with Crippen molar-refractivity contribution < 1.29 is 9.53 Å². The molecule has 0 heterocycles. The van der Waals surface area contributed by atoms with E-state index >= 15 is 0 Å². The van der Waals surface area contributed by atoms with E-state index in [0.717, 1.165) is 0 Å². The molecule has 0 rings (SSSR count).